The van der Waals surface area contributed by atoms with Gasteiger partial charge in [0, 0.05) is 0 Å². The van der Waals surface area contributed by atoms with Crippen molar-refractivity contribution in [3.63, 3.8) is 0 Å². The van der Waals surface area contributed by atoms with E-state index in [1.807, 2.05) is 0 Å². The van der Waals surface area contributed by atoms with E-state index in [9.17, 15) is 18.8 Å². The number of allylic oxidation sites excluding steroid dienone is 1. The number of ether oxygens (including phenoxy) is 3. The first-order chi connectivity index (χ1) is 12.2. The van der Waals surface area contributed by atoms with Crippen molar-refractivity contribution < 1.29 is 38.1 Å². The third kappa shape index (κ3) is 9.93. The van der Waals surface area contributed by atoms with Crippen molar-refractivity contribution in [2.45, 2.75) is 71.6 Å². The van der Waals surface area contributed by atoms with Crippen LogP contribution in [0, 0.1) is 0 Å². The van der Waals surface area contributed by atoms with E-state index in [4.69, 9.17) is 14.6 Å². The van der Waals surface area contributed by atoms with Crippen LogP contribution in [0.1, 0.15) is 54.4 Å². The molecule has 0 aliphatic carbocycles. The van der Waals surface area contributed by atoms with Crippen LogP contribution in [0.15, 0.2) is 11.9 Å². The maximum Gasteiger partial charge on any atom is 0.420 e. The van der Waals surface area contributed by atoms with Gasteiger partial charge in [-0.25, -0.2) is 18.8 Å². The lowest BCUT2D eigenvalue weighted by Gasteiger charge is -2.32. The van der Waals surface area contributed by atoms with Crippen molar-refractivity contribution in [2.75, 3.05) is 13.7 Å². The van der Waals surface area contributed by atoms with Gasteiger partial charge in [0.1, 0.15) is 23.1 Å². The Hall–Kier alpha value is -2.16. The molecule has 27 heavy (non-hydrogen) atoms. The number of methoxy groups -OCH3 is 1. The molecule has 0 aromatic carbocycles. The van der Waals surface area contributed by atoms with Crippen LogP contribution in [-0.4, -0.2) is 59.1 Å². The van der Waals surface area contributed by atoms with Gasteiger partial charge in [0.05, 0.1) is 13.7 Å². The molecule has 0 aromatic rings. The van der Waals surface area contributed by atoms with Crippen LogP contribution in [0.2, 0.25) is 0 Å². The lowest BCUT2D eigenvalue weighted by atomic mass is 10.1. The summed E-state index contributed by atoms with van der Waals surface area (Å²) in [7, 11) is 1.10. The fourth-order valence-corrected chi connectivity index (χ4v) is 1.90. The highest BCUT2D eigenvalue weighted by Crippen LogP contribution is 2.20. The van der Waals surface area contributed by atoms with Crippen molar-refractivity contribution in [1.29, 1.82) is 0 Å². The Morgan fingerprint density at radius 1 is 1.04 bits per heavy atom. The zero-order valence-corrected chi connectivity index (χ0v) is 17.0. The van der Waals surface area contributed by atoms with Gasteiger partial charge in [0.2, 0.25) is 0 Å². The van der Waals surface area contributed by atoms with E-state index < -0.39 is 47.8 Å². The second-order valence-corrected chi connectivity index (χ2v) is 7.76. The van der Waals surface area contributed by atoms with Crippen LogP contribution in [0.5, 0.6) is 0 Å². The number of halogens is 1. The Morgan fingerprint density at radius 2 is 1.48 bits per heavy atom. The summed E-state index contributed by atoms with van der Waals surface area (Å²) in [4.78, 5) is 37.9. The topological polar surface area (TPSA) is 102 Å². The molecule has 1 N–H and O–H groups in total. The van der Waals surface area contributed by atoms with Gasteiger partial charge in [0.25, 0.3) is 0 Å². The van der Waals surface area contributed by atoms with Crippen molar-refractivity contribution in [3.8, 4) is 0 Å². The highest BCUT2D eigenvalue weighted by atomic mass is 19.1. The molecule has 2 amide bonds. The van der Waals surface area contributed by atoms with Gasteiger partial charge in [-0.3, -0.25) is 0 Å². The van der Waals surface area contributed by atoms with Crippen molar-refractivity contribution >= 4 is 18.2 Å². The molecule has 156 valence electrons. The summed E-state index contributed by atoms with van der Waals surface area (Å²) in [6, 6.07) is -1.39. The fourth-order valence-electron chi connectivity index (χ4n) is 1.90. The van der Waals surface area contributed by atoms with Crippen LogP contribution in [-0.2, 0) is 19.0 Å². The third-order valence-electron chi connectivity index (χ3n) is 2.92. The summed E-state index contributed by atoms with van der Waals surface area (Å²) in [6.07, 6.45) is -1.29. The Labute approximate surface area is 159 Å². The minimum absolute atomic E-state index is 0.0335. The maximum absolute atomic E-state index is 13.1. The minimum Gasteiger partial charge on any atom is -0.467 e. The molecule has 0 aromatic heterocycles. The zero-order chi connectivity index (χ0) is 21.4. The van der Waals surface area contributed by atoms with E-state index in [1.54, 1.807) is 41.5 Å². The number of amides is 2. The predicted molar refractivity (Wildman–Crippen MR) is 95.6 cm³/mol. The molecule has 1 atom stereocenters. The molecule has 0 saturated carbocycles. The maximum atomic E-state index is 13.1. The van der Waals surface area contributed by atoms with Gasteiger partial charge in [-0.15, -0.1) is 0 Å². The van der Waals surface area contributed by atoms with Gasteiger partial charge < -0.3 is 19.3 Å². The summed E-state index contributed by atoms with van der Waals surface area (Å²) in [5.41, 5.74) is -1.86. The molecule has 0 rings (SSSR count). The number of imide groups is 1. The normalized spacial score (nSPS) is 13.6. The van der Waals surface area contributed by atoms with Gasteiger partial charge >= 0.3 is 18.2 Å². The first kappa shape index (κ1) is 24.8. The fraction of sp³-hybridized carbons (Fsp3) is 0.722. The minimum atomic E-state index is -1.39. The number of hydrogen-bond donors (Lipinski definition) is 1. The van der Waals surface area contributed by atoms with Gasteiger partial charge in [-0.1, -0.05) is 6.08 Å². The number of nitrogens with zero attached hydrogens (tertiary/aromatic N) is 1. The van der Waals surface area contributed by atoms with E-state index >= 15 is 0 Å². The van der Waals surface area contributed by atoms with E-state index in [-0.39, 0.29) is 12.8 Å². The van der Waals surface area contributed by atoms with Crippen LogP contribution in [0.3, 0.4) is 0 Å². The zero-order valence-electron chi connectivity index (χ0n) is 17.0. The summed E-state index contributed by atoms with van der Waals surface area (Å²) >= 11 is 0. The van der Waals surface area contributed by atoms with E-state index in [0.29, 0.717) is 4.90 Å². The predicted octanol–water partition coefficient (Wildman–Crippen LogP) is 3.33. The Balaban J connectivity index is 5.77. The average molecular weight is 391 g/mol. The molecule has 0 unspecified atom stereocenters. The quantitative estimate of drug-likeness (QED) is 0.547. The Bertz CT molecular complexity index is 533. The molecular formula is C18H30FNO7. The summed E-state index contributed by atoms with van der Waals surface area (Å²) in [6.45, 7) is 8.82. The first-order valence-electron chi connectivity index (χ1n) is 8.50. The van der Waals surface area contributed by atoms with Gasteiger partial charge in [0.15, 0.2) is 0 Å². The van der Waals surface area contributed by atoms with Crippen molar-refractivity contribution in [2.24, 2.45) is 0 Å². The SMILES string of the molecule is COC(=O)[C@H](CC/C=C(\F)CO)N(C(=O)OC(C)(C)C)C(=O)OC(C)(C)C. The second-order valence-electron chi connectivity index (χ2n) is 7.76. The monoisotopic (exact) mass is 391 g/mol. The van der Waals surface area contributed by atoms with Crippen LogP contribution in [0.25, 0.3) is 0 Å². The van der Waals surface area contributed by atoms with Gasteiger partial charge in [-0.05, 0) is 54.4 Å². The molecule has 0 radical (unpaired) electrons. The molecule has 0 aliphatic heterocycles. The van der Waals surface area contributed by atoms with Gasteiger partial charge in [-0.2, -0.15) is 4.90 Å². The Morgan fingerprint density at radius 3 is 1.81 bits per heavy atom. The van der Waals surface area contributed by atoms with E-state index in [0.717, 1.165) is 13.2 Å². The molecule has 0 aliphatic rings. The number of carbonyl (C=O) groups excluding carboxylic acids is 3. The molecule has 8 nitrogen and oxygen atoms in total. The number of hydrogen-bond acceptors (Lipinski definition) is 7. The van der Waals surface area contributed by atoms with E-state index in [2.05, 4.69) is 4.74 Å². The number of rotatable bonds is 6. The van der Waals surface area contributed by atoms with Crippen LogP contribution < -0.4 is 0 Å². The molecule has 9 heteroatoms. The molecule has 0 heterocycles. The number of aliphatic hydroxyl groups excluding tert-OH is 1. The highest BCUT2D eigenvalue weighted by molar-refractivity contribution is 5.94. The summed E-state index contributed by atoms with van der Waals surface area (Å²) in [5, 5.41) is 8.70. The number of aliphatic hydroxyl groups is 1. The summed E-state index contributed by atoms with van der Waals surface area (Å²) in [5.74, 6) is -1.68. The molecule has 0 fully saturated rings. The molecule has 0 spiro atoms. The lowest BCUT2D eigenvalue weighted by Crippen LogP contribution is -2.52. The van der Waals surface area contributed by atoms with Crippen LogP contribution >= 0.6 is 0 Å². The first-order valence-corrected chi connectivity index (χ1v) is 8.50. The summed E-state index contributed by atoms with van der Waals surface area (Å²) < 4.78 is 28.2. The van der Waals surface area contributed by atoms with E-state index in [1.165, 1.54) is 0 Å². The lowest BCUT2D eigenvalue weighted by molar-refractivity contribution is -0.146. The highest BCUT2D eigenvalue weighted by Gasteiger charge is 2.40. The molecular weight excluding hydrogens is 361 g/mol. The molecule has 0 bridgehead atoms. The average Bonchev–Trinajstić information content (AvgIpc) is 2.49. The largest absolute Gasteiger partial charge is 0.467 e. The van der Waals surface area contributed by atoms with Crippen molar-refractivity contribution in [3.05, 3.63) is 11.9 Å². The Kier molecular flexibility index (Phi) is 9.43. The molecule has 0 saturated heterocycles. The second kappa shape index (κ2) is 10.2. The standard InChI is InChI=1S/C18H30FNO7/c1-17(2,3)26-15(23)20(16(24)27-18(4,5)6)13(14(22)25-7)10-8-9-12(19)11-21/h9,13,21H,8,10-11H2,1-7H3/b12-9-/t13-/m0/s1. The van der Waals surface area contributed by atoms with Crippen LogP contribution in [0.4, 0.5) is 14.0 Å². The third-order valence-corrected chi connectivity index (χ3v) is 2.92. The number of carbonyl (C=O) groups is 3. The smallest absolute Gasteiger partial charge is 0.420 e. The number of esters is 1. The van der Waals surface area contributed by atoms with Crippen molar-refractivity contribution in [1.82, 2.24) is 4.90 Å².